The molecule has 0 bridgehead atoms. The van der Waals surface area contributed by atoms with Crippen molar-refractivity contribution in [2.75, 3.05) is 11.9 Å². The van der Waals surface area contributed by atoms with E-state index in [1.165, 1.54) is 35.6 Å². The molecule has 0 aliphatic carbocycles. The summed E-state index contributed by atoms with van der Waals surface area (Å²) in [6.45, 7) is 1.30. The number of carbonyl (C=O) groups is 2. The second-order valence-corrected chi connectivity index (χ2v) is 6.24. The minimum Gasteiger partial charge on any atom is -0.483 e. The van der Waals surface area contributed by atoms with Crippen LogP contribution in [0.5, 0.6) is 5.75 Å². The van der Waals surface area contributed by atoms with E-state index >= 15 is 0 Å². The highest BCUT2D eigenvalue weighted by Crippen LogP contribution is 2.27. The third-order valence-corrected chi connectivity index (χ3v) is 4.19. The third kappa shape index (κ3) is 4.33. The van der Waals surface area contributed by atoms with Crippen molar-refractivity contribution in [2.24, 2.45) is 5.10 Å². The van der Waals surface area contributed by atoms with Crippen molar-refractivity contribution in [1.82, 2.24) is 10.4 Å². The molecule has 1 aromatic heterocycles. The van der Waals surface area contributed by atoms with Crippen LogP contribution in [0.1, 0.15) is 12.5 Å². The molecule has 0 atom stereocenters. The summed E-state index contributed by atoms with van der Waals surface area (Å²) < 4.78 is 5.49. The molecular formula is C16H13N5O5S. The molecular weight excluding hydrogens is 374 g/mol. The van der Waals surface area contributed by atoms with Gasteiger partial charge in [0.1, 0.15) is 5.75 Å². The molecule has 1 aliphatic heterocycles. The first-order chi connectivity index (χ1) is 12.9. The number of non-ortho nitro benzene ring substituents is 1. The molecule has 0 fully saturated rings. The Morgan fingerprint density at radius 1 is 1.48 bits per heavy atom. The number of hydrazone groups is 1. The Balaban J connectivity index is 1.82. The quantitative estimate of drug-likeness (QED) is 0.442. The van der Waals surface area contributed by atoms with Crippen molar-refractivity contribution < 1.29 is 19.2 Å². The molecule has 3 rings (SSSR count). The van der Waals surface area contributed by atoms with Crippen molar-refractivity contribution in [3.63, 3.8) is 0 Å². The second kappa shape index (κ2) is 7.74. The van der Waals surface area contributed by atoms with Crippen molar-refractivity contribution in [3.8, 4) is 5.75 Å². The van der Waals surface area contributed by atoms with Gasteiger partial charge in [-0.05, 0) is 19.1 Å². The van der Waals surface area contributed by atoms with E-state index in [4.69, 9.17) is 4.74 Å². The van der Waals surface area contributed by atoms with E-state index in [2.05, 4.69) is 20.8 Å². The first-order valence-electron chi connectivity index (χ1n) is 7.61. The minimum absolute atomic E-state index is 0.172. The minimum atomic E-state index is -0.559. The van der Waals surface area contributed by atoms with Crippen LogP contribution < -0.4 is 15.5 Å². The molecule has 27 heavy (non-hydrogen) atoms. The molecule has 2 N–H and O–H groups in total. The van der Waals surface area contributed by atoms with Crippen molar-refractivity contribution in [1.29, 1.82) is 0 Å². The fraction of sp³-hybridized carbons (Fsp3) is 0.125. The molecule has 1 aromatic carbocycles. The van der Waals surface area contributed by atoms with Crippen LogP contribution in [0.25, 0.3) is 6.08 Å². The first kappa shape index (κ1) is 18.2. The summed E-state index contributed by atoms with van der Waals surface area (Å²) in [5.74, 6) is -0.639. The van der Waals surface area contributed by atoms with E-state index in [0.717, 1.165) is 0 Å². The number of anilines is 1. The molecule has 0 spiro atoms. The SMILES string of the molecule is CC1=NNC(=O)/C1=C\c1cc([N+](=O)[O-])ccc1OCC(=O)Nc1nccs1. The average molecular weight is 387 g/mol. The normalized spacial score (nSPS) is 14.6. The predicted octanol–water partition coefficient (Wildman–Crippen LogP) is 1.96. The Morgan fingerprint density at radius 3 is 2.93 bits per heavy atom. The maximum Gasteiger partial charge on any atom is 0.273 e. The zero-order valence-electron chi connectivity index (χ0n) is 14.0. The van der Waals surface area contributed by atoms with Gasteiger partial charge in [0.05, 0.1) is 16.2 Å². The van der Waals surface area contributed by atoms with Gasteiger partial charge in [0.15, 0.2) is 11.7 Å². The van der Waals surface area contributed by atoms with E-state index in [-0.39, 0.29) is 29.2 Å². The number of nitro benzene ring substituents is 1. The number of hydrogen-bond donors (Lipinski definition) is 2. The lowest BCUT2D eigenvalue weighted by molar-refractivity contribution is -0.384. The van der Waals surface area contributed by atoms with Gasteiger partial charge in [0.25, 0.3) is 17.5 Å². The van der Waals surface area contributed by atoms with Gasteiger partial charge in [-0.2, -0.15) is 5.10 Å². The fourth-order valence-corrected chi connectivity index (χ4v) is 2.77. The number of thiazole rings is 1. The third-order valence-electron chi connectivity index (χ3n) is 3.50. The zero-order chi connectivity index (χ0) is 19.4. The summed E-state index contributed by atoms with van der Waals surface area (Å²) in [6, 6.07) is 3.90. The lowest BCUT2D eigenvalue weighted by Gasteiger charge is -2.09. The Labute approximate surface area is 156 Å². The number of benzene rings is 1. The van der Waals surface area contributed by atoms with E-state index in [1.807, 2.05) is 0 Å². The van der Waals surface area contributed by atoms with Gasteiger partial charge in [-0.25, -0.2) is 10.4 Å². The number of hydrogen-bond acceptors (Lipinski definition) is 8. The average Bonchev–Trinajstić information content (AvgIpc) is 3.25. The number of nitro groups is 1. The monoisotopic (exact) mass is 387 g/mol. The van der Waals surface area contributed by atoms with Crippen LogP contribution in [0.3, 0.4) is 0 Å². The number of aromatic nitrogens is 1. The molecule has 1 aliphatic rings. The Bertz CT molecular complexity index is 968. The number of rotatable bonds is 6. The molecule has 138 valence electrons. The summed E-state index contributed by atoms with van der Waals surface area (Å²) >= 11 is 1.26. The van der Waals surface area contributed by atoms with Gasteiger partial charge in [-0.1, -0.05) is 0 Å². The van der Waals surface area contributed by atoms with Gasteiger partial charge >= 0.3 is 0 Å². The van der Waals surface area contributed by atoms with Crippen molar-refractivity contribution in [2.45, 2.75) is 6.92 Å². The van der Waals surface area contributed by atoms with Crippen LogP contribution in [0.15, 0.2) is 40.5 Å². The molecule has 2 aromatic rings. The fourth-order valence-electron chi connectivity index (χ4n) is 2.22. The first-order valence-corrected chi connectivity index (χ1v) is 8.49. The van der Waals surface area contributed by atoms with Gasteiger partial charge in [-0.15, -0.1) is 11.3 Å². The molecule has 2 heterocycles. The smallest absolute Gasteiger partial charge is 0.273 e. The Morgan fingerprint density at radius 2 is 2.30 bits per heavy atom. The Kier molecular flexibility index (Phi) is 5.22. The molecule has 0 radical (unpaired) electrons. The number of amides is 2. The van der Waals surface area contributed by atoms with E-state index < -0.39 is 16.7 Å². The molecule has 2 amide bonds. The maximum atomic E-state index is 11.9. The topological polar surface area (TPSA) is 136 Å². The number of nitrogens with one attached hydrogen (secondary N) is 2. The van der Waals surface area contributed by atoms with Crippen LogP contribution in [0.4, 0.5) is 10.8 Å². The van der Waals surface area contributed by atoms with Gasteiger partial charge < -0.3 is 4.74 Å². The lowest BCUT2D eigenvalue weighted by Crippen LogP contribution is -2.20. The molecule has 11 heteroatoms. The van der Waals surface area contributed by atoms with Crippen molar-refractivity contribution in [3.05, 3.63) is 51.0 Å². The summed E-state index contributed by atoms with van der Waals surface area (Å²) in [5.41, 5.74) is 3.12. The predicted molar refractivity (Wildman–Crippen MR) is 98.6 cm³/mol. The molecule has 0 saturated heterocycles. The summed E-state index contributed by atoms with van der Waals surface area (Å²) in [6.07, 6.45) is 2.99. The van der Waals surface area contributed by atoms with Gasteiger partial charge in [-0.3, -0.25) is 25.0 Å². The van der Waals surface area contributed by atoms with Crippen LogP contribution in [0.2, 0.25) is 0 Å². The van der Waals surface area contributed by atoms with E-state index in [1.54, 1.807) is 18.5 Å². The van der Waals surface area contributed by atoms with Gasteiger partial charge in [0.2, 0.25) is 0 Å². The van der Waals surface area contributed by atoms with Crippen molar-refractivity contribution >= 4 is 45.8 Å². The number of carbonyl (C=O) groups excluding carboxylic acids is 2. The number of ether oxygens (including phenoxy) is 1. The van der Waals surface area contributed by atoms with Crippen LogP contribution in [-0.4, -0.2) is 34.0 Å². The largest absolute Gasteiger partial charge is 0.483 e. The molecule has 10 nitrogen and oxygen atoms in total. The van der Waals surface area contributed by atoms with Crippen LogP contribution in [0, 0.1) is 10.1 Å². The zero-order valence-corrected chi connectivity index (χ0v) is 14.8. The number of nitrogens with zero attached hydrogens (tertiary/aromatic N) is 3. The highest BCUT2D eigenvalue weighted by atomic mass is 32.1. The van der Waals surface area contributed by atoms with Gasteiger partial charge in [0, 0.05) is 29.3 Å². The standard InChI is InChI=1S/C16H13N5O5S/c1-9-12(15(23)20-19-9)7-10-6-11(21(24)25)2-3-13(10)26-8-14(22)18-16-17-4-5-27-16/h2-7H,8H2,1H3,(H,20,23)(H,17,18,22)/b12-7-. The van der Waals surface area contributed by atoms with Crippen LogP contribution in [-0.2, 0) is 9.59 Å². The summed E-state index contributed by atoms with van der Waals surface area (Å²) in [4.78, 5) is 38.2. The summed E-state index contributed by atoms with van der Waals surface area (Å²) in [7, 11) is 0. The highest BCUT2D eigenvalue weighted by molar-refractivity contribution is 7.13. The molecule has 0 saturated carbocycles. The Hall–Kier alpha value is -3.60. The van der Waals surface area contributed by atoms with Crippen LogP contribution >= 0.6 is 11.3 Å². The second-order valence-electron chi connectivity index (χ2n) is 5.35. The summed E-state index contributed by atoms with van der Waals surface area (Å²) in [5, 5.41) is 19.6. The maximum absolute atomic E-state index is 11.9. The highest BCUT2D eigenvalue weighted by Gasteiger charge is 2.20. The lowest BCUT2D eigenvalue weighted by atomic mass is 10.1. The van der Waals surface area contributed by atoms with E-state index in [0.29, 0.717) is 10.8 Å². The molecule has 0 unspecified atom stereocenters. The van der Waals surface area contributed by atoms with E-state index in [9.17, 15) is 19.7 Å².